The lowest BCUT2D eigenvalue weighted by Gasteiger charge is -2.41. The van der Waals surface area contributed by atoms with Crippen LogP contribution in [0.4, 0.5) is 0 Å². The van der Waals surface area contributed by atoms with E-state index >= 15 is 0 Å². The van der Waals surface area contributed by atoms with Gasteiger partial charge in [0, 0.05) is 49.4 Å². The highest BCUT2D eigenvalue weighted by molar-refractivity contribution is 5.98. The smallest absolute Gasteiger partial charge is 0.257 e. The Balaban J connectivity index is 1.39. The van der Waals surface area contributed by atoms with E-state index < -0.39 is 0 Å². The van der Waals surface area contributed by atoms with Crippen LogP contribution in [-0.4, -0.2) is 73.1 Å². The van der Waals surface area contributed by atoms with Crippen LogP contribution in [0.2, 0.25) is 0 Å². The number of benzene rings is 2. The Labute approximate surface area is 212 Å². The van der Waals surface area contributed by atoms with E-state index in [0.29, 0.717) is 43.2 Å². The van der Waals surface area contributed by atoms with Crippen molar-refractivity contribution in [1.29, 1.82) is 0 Å². The highest BCUT2D eigenvalue weighted by atomic mass is 16.5. The Bertz CT molecular complexity index is 1210. The van der Waals surface area contributed by atoms with E-state index in [1.807, 2.05) is 64.5 Å². The first-order chi connectivity index (χ1) is 17.6. The topological polar surface area (TPSA) is 74.9 Å². The van der Waals surface area contributed by atoms with Crippen molar-refractivity contribution in [2.24, 2.45) is 5.41 Å². The summed E-state index contributed by atoms with van der Waals surface area (Å²) < 4.78 is 11.7. The van der Waals surface area contributed by atoms with Crippen molar-refractivity contribution in [2.75, 3.05) is 46.5 Å². The van der Waals surface area contributed by atoms with Crippen LogP contribution in [-0.2, 0) is 4.74 Å². The maximum absolute atomic E-state index is 13.5. The van der Waals surface area contributed by atoms with Crippen molar-refractivity contribution >= 4 is 22.7 Å². The number of methoxy groups -OCH3 is 1. The number of amides is 2. The first kappa shape index (κ1) is 24.4. The van der Waals surface area contributed by atoms with Gasteiger partial charge in [0.1, 0.15) is 12.4 Å². The number of aromatic nitrogens is 1. The molecule has 3 aromatic rings. The summed E-state index contributed by atoms with van der Waals surface area (Å²) in [5.74, 6) is 0.598. The van der Waals surface area contributed by atoms with Crippen LogP contribution < -0.4 is 4.74 Å². The van der Waals surface area contributed by atoms with E-state index in [2.05, 4.69) is 4.98 Å². The molecule has 2 bridgehead atoms. The molecule has 36 heavy (non-hydrogen) atoms. The van der Waals surface area contributed by atoms with Crippen molar-refractivity contribution in [1.82, 2.24) is 14.8 Å². The molecule has 0 atom stereocenters. The van der Waals surface area contributed by atoms with Gasteiger partial charge in [-0.1, -0.05) is 18.6 Å². The molecular weight excluding hydrogens is 454 g/mol. The van der Waals surface area contributed by atoms with Crippen LogP contribution in [0.1, 0.15) is 52.8 Å². The van der Waals surface area contributed by atoms with E-state index in [4.69, 9.17) is 9.47 Å². The molecule has 0 radical (unpaired) electrons. The molecule has 190 valence electrons. The van der Waals surface area contributed by atoms with Gasteiger partial charge in [-0.25, -0.2) is 0 Å². The second-order valence-electron chi connectivity index (χ2n) is 10.1. The number of carbonyl (C=O) groups is 2. The Morgan fingerprint density at radius 1 is 1.03 bits per heavy atom. The third-order valence-corrected chi connectivity index (χ3v) is 7.77. The zero-order valence-corrected chi connectivity index (χ0v) is 21.0. The standard InChI is InChI=1S/C29H35N3O4/c1-35-21-29-11-4-5-15-31(27(33)23-8-9-25-22(20-23)10-14-30-25)18-19-36-26-7-3-2-6-24(26)28(34)32(16-12-29)17-13-29/h2-3,6-10,14,20,30H,4-5,11-13,15-19,21H2,1H3. The number of ether oxygens (including phenoxy) is 2. The number of H-pyrrole nitrogens is 1. The molecule has 1 N–H and O–H groups in total. The van der Waals surface area contributed by atoms with Gasteiger partial charge >= 0.3 is 0 Å². The minimum atomic E-state index is 0.00836. The number of nitrogens with one attached hydrogen (secondary N) is 1. The number of fused-ring (bicyclic) bond motifs is 10. The van der Waals surface area contributed by atoms with Gasteiger partial charge in [-0.05, 0) is 67.5 Å². The van der Waals surface area contributed by atoms with E-state index in [1.54, 1.807) is 7.11 Å². The number of piperidine rings is 1. The minimum Gasteiger partial charge on any atom is -0.491 e. The quantitative estimate of drug-likeness (QED) is 0.577. The summed E-state index contributed by atoms with van der Waals surface area (Å²) in [6.07, 6.45) is 6.70. The van der Waals surface area contributed by atoms with Crippen LogP contribution in [0.15, 0.2) is 54.7 Å². The molecule has 0 saturated carbocycles. The van der Waals surface area contributed by atoms with Gasteiger partial charge in [-0.15, -0.1) is 0 Å². The second-order valence-corrected chi connectivity index (χ2v) is 10.1. The molecule has 7 heteroatoms. The molecule has 4 heterocycles. The van der Waals surface area contributed by atoms with Gasteiger partial charge in [-0.2, -0.15) is 0 Å². The summed E-state index contributed by atoms with van der Waals surface area (Å²) in [7, 11) is 1.76. The SMILES string of the molecule is COCC12CCCCN(C(=O)c3ccc4[nH]ccc4c3)CCOc3ccccc3C(=O)N(CC1)CC2. The number of hydrogen-bond donors (Lipinski definition) is 1. The average Bonchev–Trinajstić information content (AvgIpc) is 3.38. The fourth-order valence-corrected chi connectivity index (χ4v) is 5.65. The van der Waals surface area contributed by atoms with E-state index in [0.717, 1.165) is 56.1 Å². The van der Waals surface area contributed by atoms with Crippen LogP contribution >= 0.6 is 0 Å². The van der Waals surface area contributed by atoms with Gasteiger partial charge in [0.15, 0.2) is 0 Å². The zero-order valence-electron chi connectivity index (χ0n) is 21.0. The van der Waals surface area contributed by atoms with Gasteiger partial charge in [0.05, 0.1) is 18.7 Å². The maximum Gasteiger partial charge on any atom is 0.257 e. The third-order valence-electron chi connectivity index (χ3n) is 7.77. The Morgan fingerprint density at radius 3 is 2.69 bits per heavy atom. The largest absolute Gasteiger partial charge is 0.491 e. The number of aromatic amines is 1. The molecule has 3 aliphatic rings. The number of rotatable bonds is 3. The fourth-order valence-electron chi connectivity index (χ4n) is 5.65. The summed E-state index contributed by atoms with van der Waals surface area (Å²) in [5, 5.41) is 1.02. The summed E-state index contributed by atoms with van der Waals surface area (Å²) in [6.45, 7) is 3.61. The summed E-state index contributed by atoms with van der Waals surface area (Å²) in [6, 6.07) is 15.2. The summed E-state index contributed by atoms with van der Waals surface area (Å²) in [4.78, 5) is 33.9. The molecule has 1 aromatic heterocycles. The van der Waals surface area contributed by atoms with Gasteiger partial charge < -0.3 is 24.3 Å². The Morgan fingerprint density at radius 2 is 1.86 bits per heavy atom. The first-order valence-electron chi connectivity index (χ1n) is 13.0. The number of para-hydroxylation sites is 1. The fraction of sp³-hybridized carbons (Fsp3) is 0.448. The molecule has 1 fully saturated rings. The predicted molar refractivity (Wildman–Crippen MR) is 139 cm³/mol. The lowest BCUT2D eigenvalue weighted by Crippen LogP contribution is -2.45. The van der Waals surface area contributed by atoms with Gasteiger partial charge in [0.25, 0.3) is 11.8 Å². The Hall–Kier alpha value is -3.32. The van der Waals surface area contributed by atoms with E-state index in [1.165, 1.54) is 0 Å². The van der Waals surface area contributed by atoms with Crippen molar-refractivity contribution in [3.05, 3.63) is 65.9 Å². The molecule has 0 spiro atoms. The maximum atomic E-state index is 13.5. The molecule has 1 saturated heterocycles. The number of nitrogens with zero attached hydrogens (tertiary/aromatic N) is 2. The lowest BCUT2D eigenvalue weighted by atomic mass is 9.75. The molecule has 3 aliphatic heterocycles. The predicted octanol–water partition coefficient (Wildman–Crippen LogP) is 4.74. The molecule has 2 aromatic carbocycles. The Kier molecular flexibility index (Phi) is 7.28. The molecule has 0 aliphatic carbocycles. The third kappa shape index (κ3) is 5.12. The first-order valence-corrected chi connectivity index (χ1v) is 13.0. The van der Waals surface area contributed by atoms with Crippen molar-refractivity contribution in [3.63, 3.8) is 0 Å². The van der Waals surface area contributed by atoms with Crippen molar-refractivity contribution < 1.29 is 19.1 Å². The van der Waals surface area contributed by atoms with Crippen LogP contribution in [0.25, 0.3) is 10.9 Å². The lowest BCUT2D eigenvalue weighted by molar-refractivity contribution is 0.0136. The van der Waals surface area contributed by atoms with E-state index in [-0.39, 0.29) is 17.2 Å². The normalized spacial score (nSPS) is 18.9. The average molecular weight is 490 g/mol. The molecule has 7 nitrogen and oxygen atoms in total. The van der Waals surface area contributed by atoms with Gasteiger partial charge in [0.2, 0.25) is 0 Å². The number of carbonyl (C=O) groups excluding carboxylic acids is 2. The molecule has 6 rings (SSSR count). The monoisotopic (exact) mass is 489 g/mol. The molecule has 2 amide bonds. The van der Waals surface area contributed by atoms with Crippen molar-refractivity contribution in [3.8, 4) is 5.75 Å². The minimum absolute atomic E-state index is 0.00836. The summed E-state index contributed by atoms with van der Waals surface area (Å²) >= 11 is 0. The molecule has 0 unspecified atom stereocenters. The highest BCUT2D eigenvalue weighted by Gasteiger charge is 2.36. The van der Waals surface area contributed by atoms with Crippen LogP contribution in [0.5, 0.6) is 5.75 Å². The zero-order chi connectivity index (χ0) is 25.0. The molecular formula is C29H35N3O4. The van der Waals surface area contributed by atoms with E-state index in [9.17, 15) is 9.59 Å². The summed E-state index contributed by atoms with van der Waals surface area (Å²) in [5.41, 5.74) is 2.36. The van der Waals surface area contributed by atoms with Gasteiger partial charge in [-0.3, -0.25) is 9.59 Å². The van der Waals surface area contributed by atoms with Crippen LogP contribution in [0, 0.1) is 5.41 Å². The van der Waals surface area contributed by atoms with Crippen molar-refractivity contribution in [2.45, 2.75) is 32.1 Å². The highest BCUT2D eigenvalue weighted by Crippen LogP contribution is 2.38. The number of hydrogen-bond acceptors (Lipinski definition) is 4. The second kappa shape index (κ2) is 10.7. The van der Waals surface area contributed by atoms with Crippen LogP contribution in [0.3, 0.4) is 0 Å².